The minimum atomic E-state index is -4.15. The lowest BCUT2D eigenvalue weighted by atomic mass is 10.1. The first-order valence-corrected chi connectivity index (χ1v) is 5.72. The highest BCUT2D eigenvalue weighted by Crippen LogP contribution is 2.19. The van der Waals surface area contributed by atoms with Gasteiger partial charge in [0, 0.05) is 0 Å². The van der Waals surface area contributed by atoms with Crippen molar-refractivity contribution in [3.63, 3.8) is 0 Å². The van der Waals surface area contributed by atoms with Crippen LogP contribution in [-0.2, 0) is 10.0 Å². The van der Waals surface area contributed by atoms with Gasteiger partial charge in [0.05, 0.1) is 10.5 Å². The van der Waals surface area contributed by atoms with E-state index in [-0.39, 0.29) is 5.56 Å². The van der Waals surface area contributed by atoms with Crippen LogP contribution in [0.1, 0.15) is 15.9 Å². The molecule has 1 rings (SSSR count). The number of halogens is 1. The van der Waals surface area contributed by atoms with Crippen LogP contribution >= 0.6 is 0 Å². The number of nitrogens with zero attached hydrogens (tertiary/aromatic N) is 1. The van der Waals surface area contributed by atoms with Crippen LogP contribution in [0.2, 0.25) is 0 Å². The van der Waals surface area contributed by atoms with Gasteiger partial charge in [-0.15, -0.1) is 0 Å². The summed E-state index contributed by atoms with van der Waals surface area (Å²) in [5.74, 6) is -2.59. The van der Waals surface area contributed by atoms with Gasteiger partial charge in [-0.2, -0.15) is 5.26 Å². The Kier molecular flexibility index (Phi) is 3.34. The summed E-state index contributed by atoms with van der Waals surface area (Å²) in [5, 5.41) is 16.9. The molecule has 0 fully saturated rings. The molecule has 0 saturated heterocycles. The van der Waals surface area contributed by atoms with Crippen molar-refractivity contribution < 1.29 is 22.7 Å². The van der Waals surface area contributed by atoms with Crippen LogP contribution in [0, 0.1) is 24.2 Å². The second-order valence-electron chi connectivity index (χ2n) is 3.12. The molecule has 0 unspecified atom stereocenters. The molecular weight excluding hydrogens is 251 g/mol. The SMILES string of the molecule is Cc1cc(S(=O)(=O)NC#N)cc(C(=O)O)c1F. The molecule has 0 aliphatic carbocycles. The number of nitriles is 1. The number of carboxylic acid groups (broad SMARTS) is 1. The third kappa shape index (κ3) is 2.51. The highest BCUT2D eigenvalue weighted by Gasteiger charge is 2.20. The fourth-order valence-corrected chi connectivity index (χ4v) is 2.01. The summed E-state index contributed by atoms with van der Waals surface area (Å²) in [4.78, 5) is 10.2. The molecule has 0 aromatic heterocycles. The van der Waals surface area contributed by atoms with Crippen molar-refractivity contribution in [1.29, 1.82) is 5.26 Å². The lowest BCUT2D eigenvalue weighted by molar-refractivity contribution is 0.0691. The monoisotopic (exact) mass is 258 g/mol. The molecule has 0 spiro atoms. The maximum absolute atomic E-state index is 13.3. The predicted molar refractivity (Wildman–Crippen MR) is 54.0 cm³/mol. The Balaban J connectivity index is 3.50. The normalized spacial score (nSPS) is 10.6. The third-order valence-corrected chi connectivity index (χ3v) is 3.17. The van der Waals surface area contributed by atoms with Gasteiger partial charge in [-0.1, -0.05) is 0 Å². The molecule has 1 aromatic rings. The second-order valence-corrected chi connectivity index (χ2v) is 4.81. The number of aromatic carboxylic acids is 1. The average molecular weight is 258 g/mol. The first-order valence-electron chi connectivity index (χ1n) is 4.24. The van der Waals surface area contributed by atoms with E-state index in [2.05, 4.69) is 0 Å². The minimum Gasteiger partial charge on any atom is -0.478 e. The molecular formula is C9H7FN2O4S. The maximum atomic E-state index is 13.3. The Bertz CT molecular complexity index is 619. The second kappa shape index (κ2) is 4.39. The molecule has 8 heteroatoms. The van der Waals surface area contributed by atoms with E-state index in [9.17, 15) is 17.6 Å². The molecule has 90 valence electrons. The smallest absolute Gasteiger partial charge is 0.338 e. The number of nitrogens with one attached hydrogen (secondary N) is 1. The highest BCUT2D eigenvalue weighted by molar-refractivity contribution is 7.89. The topological polar surface area (TPSA) is 107 Å². The number of aryl methyl sites for hydroxylation is 1. The molecule has 6 nitrogen and oxygen atoms in total. The van der Waals surface area contributed by atoms with E-state index in [1.54, 1.807) is 0 Å². The van der Waals surface area contributed by atoms with E-state index in [4.69, 9.17) is 10.4 Å². The molecule has 0 atom stereocenters. The summed E-state index contributed by atoms with van der Waals surface area (Å²) in [5.41, 5.74) is -0.897. The number of hydrogen-bond acceptors (Lipinski definition) is 4. The molecule has 2 N–H and O–H groups in total. The fourth-order valence-electron chi connectivity index (χ4n) is 1.17. The largest absolute Gasteiger partial charge is 0.478 e. The predicted octanol–water partition coefficient (Wildman–Crippen LogP) is 0.592. The Morgan fingerprint density at radius 3 is 2.59 bits per heavy atom. The molecule has 1 aromatic carbocycles. The number of benzene rings is 1. The zero-order valence-corrected chi connectivity index (χ0v) is 9.38. The standard InChI is InChI=1S/C9H7FN2O4S/c1-5-2-6(17(15,16)12-4-11)3-7(8(5)10)9(13)14/h2-3,12H,1H3,(H,13,14). The first-order chi connectivity index (χ1) is 7.79. The van der Waals surface area contributed by atoms with Crippen LogP contribution in [0.5, 0.6) is 0 Å². The van der Waals surface area contributed by atoms with E-state index < -0.39 is 32.3 Å². The van der Waals surface area contributed by atoms with Gasteiger partial charge in [-0.25, -0.2) is 22.3 Å². The lowest BCUT2D eigenvalue weighted by Crippen LogP contribution is -2.19. The lowest BCUT2D eigenvalue weighted by Gasteiger charge is -2.06. The van der Waals surface area contributed by atoms with Crippen molar-refractivity contribution in [1.82, 2.24) is 4.72 Å². The van der Waals surface area contributed by atoms with Gasteiger partial charge < -0.3 is 5.11 Å². The van der Waals surface area contributed by atoms with Gasteiger partial charge in [0.2, 0.25) is 0 Å². The summed E-state index contributed by atoms with van der Waals surface area (Å²) in [6.45, 7) is 1.23. The van der Waals surface area contributed by atoms with Gasteiger partial charge >= 0.3 is 5.97 Å². The number of carbonyl (C=O) groups is 1. The van der Waals surface area contributed by atoms with Gasteiger partial charge in [-0.05, 0) is 24.6 Å². The first kappa shape index (κ1) is 12.9. The van der Waals surface area contributed by atoms with Crippen molar-refractivity contribution >= 4 is 16.0 Å². The van der Waals surface area contributed by atoms with Crippen molar-refractivity contribution in [2.24, 2.45) is 0 Å². The van der Waals surface area contributed by atoms with E-state index in [1.165, 1.54) is 17.8 Å². The molecule has 0 amide bonds. The molecule has 17 heavy (non-hydrogen) atoms. The van der Waals surface area contributed by atoms with Gasteiger partial charge in [0.15, 0.2) is 6.19 Å². The van der Waals surface area contributed by atoms with Gasteiger partial charge in [0.1, 0.15) is 5.82 Å². The molecule has 0 saturated carbocycles. The average Bonchev–Trinajstić information content (AvgIpc) is 2.21. The van der Waals surface area contributed by atoms with Crippen molar-refractivity contribution in [3.8, 4) is 6.19 Å². The van der Waals surface area contributed by atoms with E-state index in [0.29, 0.717) is 6.07 Å². The highest BCUT2D eigenvalue weighted by atomic mass is 32.2. The summed E-state index contributed by atoms with van der Waals surface area (Å²) < 4.78 is 37.7. The van der Waals surface area contributed by atoms with Crippen LogP contribution in [0.25, 0.3) is 0 Å². The number of hydrogen-bond donors (Lipinski definition) is 2. The Hall–Kier alpha value is -2.14. The summed E-state index contributed by atoms with van der Waals surface area (Å²) in [7, 11) is -4.15. The zero-order chi connectivity index (χ0) is 13.2. The van der Waals surface area contributed by atoms with Crippen LogP contribution in [0.3, 0.4) is 0 Å². The molecule has 0 aliphatic heterocycles. The summed E-state index contributed by atoms with van der Waals surface area (Å²) in [6.07, 6.45) is 1.21. The third-order valence-electron chi connectivity index (χ3n) is 1.95. The van der Waals surface area contributed by atoms with Gasteiger partial charge in [-0.3, -0.25) is 0 Å². The van der Waals surface area contributed by atoms with Crippen molar-refractivity contribution in [3.05, 3.63) is 29.1 Å². The van der Waals surface area contributed by atoms with Gasteiger partial charge in [0.25, 0.3) is 10.0 Å². The van der Waals surface area contributed by atoms with Crippen molar-refractivity contribution in [2.75, 3.05) is 0 Å². The Morgan fingerprint density at radius 2 is 2.12 bits per heavy atom. The van der Waals surface area contributed by atoms with E-state index >= 15 is 0 Å². The quantitative estimate of drug-likeness (QED) is 0.609. The van der Waals surface area contributed by atoms with E-state index in [0.717, 1.165) is 6.07 Å². The number of carboxylic acids is 1. The summed E-state index contributed by atoms with van der Waals surface area (Å²) in [6, 6.07) is 1.60. The molecule has 0 bridgehead atoms. The van der Waals surface area contributed by atoms with Crippen LogP contribution in [0.4, 0.5) is 4.39 Å². The van der Waals surface area contributed by atoms with Crippen LogP contribution in [-0.4, -0.2) is 19.5 Å². The Morgan fingerprint density at radius 1 is 1.53 bits per heavy atom. The van der Waals surface area contributed by atoms with E-state index in [1.807, 2.05) is 0 Å². The molecule has 0 aliphatic rings. The fraction of sp³-hybridized carbons (Fsp3) is 0.111. The molecule has 0 radical (unpaired) electrons. The van der Waals surface area contributed by atoms with Crippen LogP contribution in [0.15, 0.2) is 17.0 Å². The Labute approximate surface area is 96.4 Å². The maximum Gasteiger partial charge on any atom is 0.338 e. The zero-order valence-electron chi connectivity index (χ0n) is 8.56. The molecule has 0 heterocycles. The van der Waals surface area contributed by atoms with Crippen molar-refractivity contribution in [2.45, 2.75) is 11.8 Å². The number of rotatable bonds is 3. The number of sulfonamides is 1. The summed E-state index contributed by atoms with van der Waals surface area (Å²) >= 11 is 0. The van der Waals surface area contributed by atoms with Crippen LogP contribution < -0.4 is 4.72 Å². The minimum absolute atomic E-state index is 0.136.